The van der Waals surface area contributed by atoms with E-state index in [4.69, 9.17) is 0 Å². The van der Waals surface area contributed by atoms with Gasteiger partial charge in [-0.25, -0.2) is 15.0 Å². The Kier molecular flexibility index (Phi) is 4.37. The molecule has 2 fully saturated rings. The molecule has 0 radical (unpaired) electrons. The van der Waals surface area contributed by atoms with Gasteiger partial charge in [0.1, 0.15) is 6.10 Å². The number of aliphatic hydroxyl groups excluding tert-OH is 2. The van der Waals surface area contributed by atoms with E-state index >= 15 is 0 Å². The van der Waals surface area contributed by atoms with Crippen LogP contribution in [0.15, 0.2) is 31.0 Å². The Hall–Kier alpha value is -4.04. The zero-order valence-corrected chi connectivity index (χ0v) is 18.2. The van der Waals surface area contributed by atoms with Gasteiger partial charge in [-0.05, 0) is 12.5 Å². The van der Waals surface area contributed by atoms with E-state index in [1.54, 1.807) is 42.6 Å². The van der Waals surface area contributed by atoms with Gasteiger partial charge in [-0.2, -0.15) is 14.6 Å². The molecule has 0 spiro atoms. The molecule has 0 aliphatic heterocycles. The highest BCUT2D eigenvalue weighted by Gasteiger charge is 2.75. The van der Waals surface area contributed by atoms with Crippen molar-refractivity contribution in [3.8, 4) is 17.5 Å². The highest BCUT2D eigenvalue weighted by molar-refractivity contribution is 5.88. The maximum absolute atomic E-state index is 12.5. The molecular formula is C20H21N11O3. The molecular weight excluding hydrogens is 442 g/mol. The van der Waals surface area contributed by atoms with E-state index in [0.29, 0.717) is 34.9 Å². The lowest BCUT2D eigenvalue weighted by atomic mass is 9.98. The number of nitrogens with zero attached hydrogens (tertiary/aromatic N) is 9. The molecule has 2 aliphatic rings. The molecule has 14 nitrogen and oxygen atoms in total. The second kappa shape index (κ2) is 7.23. The Balaban J connectivity index is 1.44. The Morgan fingerprint density at radius 3 is 2.71 bits per heavy atom. The summed E-state index contributed by atoms with van der Waals surface area (Å²) in [6, 6.07) is 1.13. The molecule has 174 valence electrons. The second-order valence-corrected chi connectivity index (χ2v) is 8.42. The number of amides is 1. The number of aliphatic hydroxyl groups is 2. The molecule has 4 aromatic rings. The average Bonchev–Trinajstić information content (AvgIpc) is 3.14. The standard InChI is InChI=1S/C20H21N11O3/c1-21-16-11-17(27-19(26-16)31-7-10(28-29-31)15-23-4-3-5-24-15)30(8-25-11)12-9-6-20(9,18(34)22-2)14(33)13(12)32/h3-5,7-9,12-14,32-33H,6H2,1-2H3,(H,22,34)(H,21,26,27)/t9?,12-,13+,14+,20-/m1/s1. The summed E-state index contributed by atoms with van der Waals surface area (Å²) in [4.78, 5) is 34.4. The fourth-order valence-corrected chi connectivity index (χ4v) is 5.08. The summed E-state index contributed by atoms with van der Waals surface area (Å²) in [6.07, 6.45) is 4.51. The highest BCUT2D eigenvalue weighted by Crippen LogP contribution is 2.67. The molecule has 4 aromatic heterocycles. The van der Waals surface area contributed by atoms with E-state index in [1.165, 1.54) is 11.7 Å². The number of carbonyl (C=O) groups is 1. The molecule has 5 atom stereocenters. The fraction of sp³-hybridized carbons (Fsp3) is 0.400. The van der Waals surface area contributed by atoms with Crippen LogP contribution in [-0.4, -0.2) is 86.9 Å². The van der Waals surface area contributed by atoms with Gasteiger partial charge < -0.3 is 25.4 Å². The molecule has 14 heteroatoms. The summed E-state index contributed by atoms with van der Waals surface area (Å²) < 4.78 is 3.10. The third kappa shape index (κ3) is 2.69. The molecule has 2 saturated carbocycles. The lowest BCUT2D eigenvalue weighted by molar-refractivity contribution is -0.132. The van der Waals surface area contributed by atoms with Crippen molar-refractivity contribution in [3.63, 3.8) is 0 Å². The van der Waals surface area contributed by atoms with Crippen LogP contribution in [0.2, 0.25) is 0 Å². The molecule has 4 heterocycles. The highest BCUT2D eigenvalue weighted by atomic mass is 16.3. The number of hydrogen-bond donors (Lipinski definition) is 4. The lowest BCUT2D eigenvalue weighted by Gasteiger charge is -2.23. The molecule has 1 amide bonds. The van der Waals surface area contributed by atoms with Crippen LogP contribution in [0.3, 0.4) is 0 Å². The first kappa shape index (κ1) is 20.6. The summed E-state index contributed by atoms with van der Waals surface area (Å²) in [5.74, 6) is 0.555. The minimum atomic E-state index is -1.19. The largest absolute Gasteiger partial charge is 0.389 e. The Bertz CT molecular complexity index is 1400. The van der Waals surface area contributed by atoms with Gasteiger partial charge in [-0.3, -0.25) is 4.79 Å². The minimum absolute atomic E-state index is 0.217. The Labute approximate surface area is 192 Å². The summed E-state index contributed by atoms with van der Waals surface area (Å²) in [6.45, 7) is 0. The number of anilines is 1. The normalized spacial score (nSPS) is 27.5. The van der Waals surface area contributed by atoms with Crippen LogP contribution in [0.1, 0.15) is 12.5 Å². The van der Waals surface area contributed by atoms with Crippen LogP contribution in [0.5, 0.6) is 0 Å². The molecule has 0 bridgehead atoms. The van der Waals surface area contributed by atoms with Crippen molar-refractivity contribution in [2.45, 2.75) is 24.7 Å². The van der Waals surface area contributed by atoms with Crippen LogP contribution in [0.4, 0.5) is 5.82 Å². The van der Waals surface area contributed by atoms with Crippen LogP contribution in [-0.2, 0) is 4.79 Å². The van der Waals surface area contributed by atoms with Gasteiger partial charge in [0.15, 0.2) is 28.5 Å². The van der Waals surface area contributed by atoms with Gasteiger partial charge in [0.2, 0.25) is 5.91 Å². The topological polar surface area (TPSA) is 182 Å². The number of nitrogens with one attached hydrogen (secondary N) is 2. The number of imidazole rings is 1. The summed E-state index contributed by atoms with van der Waals surface area (Å²) in [5, 5.41) is 35.4. The van der Waals surface area contributed by atoms with E-state index < -0.39 is 23.7 Å². The minimum Gasteiger partial charge on any atom is -0.389 e. The number of hydrogen-bond acceptors (Lipinski definition) is 11. The second-order valence-electron chi connectivity index (χ2n) is 8.42. The average molecular weight is 463 g/mol. The van der Waals surface area contributed by atoms with Crippen molar-refractivity contribution in [2.24, 2.45) is 11.3 Å². The first-order valence-electron chi connectivity index (χ1n) is 10.7. The van der Waals surface area contributed by atoms with Crippen molar-refractivity contribution < 1.29 is 15.0 Å². The number of carbonyl (C=O) groups excluding carboxylic acids is 1. The molecule has 34 heavy (non-hydrogen) atoms. The zero-order valence-electron chi connectivity index (χ0n) is 18.2. The summed E-state index contributed by atoms with van der Waals surface area (Å²) >= 11 is 0. The SMILES string of the molecule is CNC(=O)[C@]12CC1[C@@H](n1cnc3c(NC)nc(-n4cc(-c5ncccn5)nn4)nc31)[C@H](O)[C@@H]2O. The van der Waals surface area contributed by atoms with E-state index in [0.717, 1.165) is 0 Å². The molecule has 0 aromatic carbocycles. The van der Waals surface area contributed by atoms with Crippen LogP contribution >= 0.6 is 0 Å². The van der Waals surface area contributed by atoms with E-state index in [-0.39, 0.29) is 17.8 Å². The molecule has 1 unspecified atom stereocenters. The van der Waals surface area contributed by atoms with Gasteiger partial charge in [-0.1, -0.05) is 5.21 Å². The lowest BCUT2D eigenvalue weighted by Crippen LogP contribution is -2.41. The first-order valence-corrected chi connectivity index (χ1v) is 10.7. The van der Waals surface area contributed by atoms with Gasteiger partial charge >= 0.3 is 0 Å². The van der Waals surface area contributed by atoms with Crippen molar-refractivity contribution in [3.05, 3.63) is 31.0 Å². The first-order chi connectivity index (χ1) is 16.5. The fourth-order valence-electron chi connectivity index (χ4n) is 5.08. The molecule has 4 N–H and O–H groups in total. The smallest absolute Gasteiger partial charge is 0.256 e. The maximum atomic E-state index is 12.5. The van der Waals surface area contributed by atoms with E-state index in [1.807, 2.05) is 0 Å². The van der Waals surface area contributed by atoms with Crippen LogP contribution in [0, 0.1) is 11.3 Å². The number of fused-ring (bicyclic) bond motifs is 2. The van der Waals surface area contributed by atoms with Crippen LogP contribution < -0.4 is 10.6 Å². The van der Waals surface area contributed by atoms with Gasteiger partial charge in [0.25, 0.3) is 5.95 Å². The Morgan fingerprint density at radius 1 is 1.18 bits per heavy atom. The third-order valence-electron chi connectivity index (χ3n) is 6.78. The zero-order chi connectivity index (χ0) is 23.6. The summed E-state index contributed by atoms with van der Waals surface area (Å²) in [5.41, 5.74) is 0.357. The van der Waals surface area contributed by atoms with Crippen molar-refractivity contribution in [1.82, 2.24) is 49.8 Å². The molecule has 6 rings (SSSR count). The number of rotatable bonds is 5. The van der Waals surface area contributed by atoms with Crippen molar-refractivity contribution in [1.29, 1.82) is 0 Å². The van der Waals surface area contributed by atoms with Gasteiger partial charge in [-0.15, -0.1) is 5.10 Å². The summed E-state index contributed by atoms with van der Waals surface area (Å²) in [7, 11) is 3.23. The predicted molar refractivity (Wildman–Crippen MR) is 116 cm³/mol. The van der Waals surface area contributed by atoms with Crippen LogP contribution in [0.25, 0.3) is 28.6 Å². The third-order valence-corrected chi connectivity index (χ3v) is 6.78. The molecule has 2 aliphatic carbocycles. The van der Waals surface area contributed by atoms with Crippen molar-refractivity contribution in [2.75, 3.05) is 19.4 Å². The van der Waals surface area contributed by atoms with Gasteiger partial charge in [0, 0.05) is 32.4 Å². The quantitative estimate of drug-likeness (QED) is 0.283. The van der Waals surface area contributed by atoms with E-state index in [9.17, 15) is 15.0 Å². The maximum Gasteiger partial charge on any atom is 0.256 e. The monoisotopic (exact) mass is 463 g/mol. The Morgan fingerprint density at radius 2 is 1.97 bits per heavy atom. The van der Waals surface area contributed by atoms with E-state index in [2.05, 4.69) is 45.9 Å². The van der Waals surface area contributed by atoms with Crippen molar-refractivity contribution >= 4 is 22.9 Å². The predicted octanol–water partition coefficient (Wildman–Crippen LogP) is -1.07. The molecule has 0 saturated heterocycles. The number of aromatic nitrogens is 9. The van der Waals surface area contributed by atoms with Gasteiger partial charge in [0.05, 0.1) is 30.1 Å².